The number of esters is 1. The van der Waals surface area contributed by atoms with E-state index in [1.165, 1.54) is 19.8 Å². The van der Waals surface area contributed by atoms with Crippen LogP contribution < -0.4 is 5.32 Å². The molecule has 3 N–H and O–H groups in total. The summed E-state index contributed by atoms with van der Waals surface area (Å²) in [7, 11) is 0. The number of hydrogen-bond acceptors (Lipinski definition) is 8. The van der Waals surface area contributed by atoms with E-state index in [4.69, 9.17) is 18.9 Å². The Morgan fingerprint density at radius 3 is 2.29 bits per heavy atom. The first-order valence-corrected chi connectivity index (χ1v) is 17.7. The largest absolute Gasteiger partial charge is 0.457 e. The minimum atomic E-state index is -1.27. The highest BCUT2D eigenvalue weighted by Gasteiger charge is 2.84. The summed E-state index contributed by atoms with van der Waals surface area (Å²) in [6, 6.07) is 0.0566. The van der Waals surface area contributed by atoms with Crippen molar-refractivity contribution in [1.29, 1.82) is 0 Å². The highest BCUT2D eigenvalue weighted by Crippen LogP contribution is 2.89. The van der Waals surface area contributed by atoms with Crippen molar-refractivity contribution in [2.75, 3.05) is 13.2 Å². The Bertz CT molecular complexity index is 1230. The Morgan fingerprint density at radius 2 is 1.67 bits per heavy atom. The number of hydrogen-bond donors (Lipinski definition) is 3. The van der Waals surface area contributed by atoms with E-state index in [0.29, 0.717) is 31.5 Å². The minimum Gasteiger partial charge on any atom is -0.457 e. The summed E-state index contributed by atoms with van der Waals surface area (Å²) in [4.78, 5) is 24.8. The molecule has 45 heavy (non-hydrogen) atoms. The first-order valence-electron chi connectivity index (χ1n) is 17.7. The highest BCUT2D eigenvalue weighted by molar-refractivity contribution is 5.68. The SMILES string of the molecule is CC(=O)O[C@@H](C1C[C@@H](C)[C@H]2C(O1)[C@H](O)[C@@]1(C)C3CC[C@H]4C(C)(C)C(OC(=O)NC5COC5)CC[C@@]45C[C@@]35CC[C@]21C)C(C)(C)O. The Balaban J connectivity index is 1.14. The molecule has 5 aliphatic carbocycles. The average molecular weight is 632 g/mol. The number of nitrogens with one attached hydrogen (secondary N) is 1. The molecule has 254 valence electrons. The van der Waals surface area contributed by atoms with Crippen LogP contribution in [-0.4, -0.2) is 77.7 Å². The summed E-state index contributed by atoms with van der Waals surface area (Å²) in [5, 5.41) is 26.4. The van der Waals surface area contributed by atoms with Gasteiger partial charge in [-0.15, -0.1) is 0 Å². The van der Waals surface area contributed by atoms with Gasteiger partial charge in [-0.2, -0.15) is 0 Å². The number of carbonyl (C=O) groups excluding carboxylic acids is 2. The fourth-order valence-electron chi connectivity index (χ4n) is 13.2. The summed E-state index contributed by atoms with van der Waals surface area (Å²) >= 11 is 0. The lowest BCUT2D eigenvalue weighted by Gasteiger charge is -2.63. The first-order chi connectivity index (χ1) is 20.9. The van der Waals surface area contributed by atoms with Gasteiger partial charge in [-0.25, -0.2) is 4.79 Å². The van der Waals surface area contributed by atoms with E-state index in [-0.39, 0.29) is 63.3 Å². The Kier molecular flexibility index (Phi) is 7.18. The number of carbonyl (C=O) groups is 2. The zero-order valence-corrected chi connectivity index (χ0v) is 28.7. The smallest absolute Gasteiger partial charge is 0.407 e. The lowest BCUT2D eigenvalue weighted by molar-refractivity contribution is -0.216. The molecule has 0 bridgehead atoms. The van der Waals surface area contributed by atoms with Gasteiger partial charge in [0.25, 0.3) is 0 Å². The molecule has 9 nitrogen and oxygen atoms in total. The first kappa shape index (κ1) is 32.1. The molecular weight excluding hydrogens is 574 g/mol. The van der Waals surface area contributed by atoms with Gasteiger partial charge in [0.05, 0.1) is 43.2 Å². The molecule has 2 heterocycles. The lowest BCUT2D eigenvalue weighted by atomic mass is 9.41. The molecule has 7 aliphatic rings. The maximum Gasteiger partial charge on any atom is 0.407 e. The van der Waals surface area contributed by atoms with E-state index in [1.807, 2.05) is 0 Å². The van der Waals surface area contributed by atoms with Gasteiger partial charge in [0, 0.05) is 17.8 Å². The fraction of sp³-hybridized carbons (Fsp3) is 0.944. The maximum atomic E-state index is 12.8. The van der Waals surface area contributed by atoms with E-state index in [2.05, 4.69) is 39.9 Å². The molecule has 7 rings (SSSR count). The third-order valence-electron chi connectivity index (χ3n) is 15.3. The van der Waals surface area contributed by atoms with Crippen molar-refractivity contribution in [3.05, 3.63) is 0 Å². The molecule has 4 unspecified atom stereocenters. The number of alkyl carbamates (subject to hydrolysis) is 1. The van der Waals surface area contributed by atoms with E-state index >= 15 is 0 Å². The molecule has 9 heteroatoms. The van der Waals surface area contributed by atoms with Gasteiger partial charge < -0.3 is 34.5 Å². The van der Waals surface area contributed by atoms with Crippen LogP contribution in [0, 0.1) is 50.7 Å². The summed E-state index contributed by atoms with van der Waals surface area (Å²) in [6.07, 6.45) is 5.52. The van der Waals surface area contributed by atoms with Gasteiger partial charge >= 0.3 is 12.1 Å². The number of amides is 1. The van der Waals surface area contributed by atoms with E-state index in [0.717, 1.165) is 32.1 Å². The van der Waals surface area contributed by atoms with Gasteiger partial charge in [-0.3, -0.25) is 4.79 Å². The number of aliphatic hydroxyl groups is 2. The van der Waals surface area contributed by atoms with Gasteiger partial charge in [0.2, 0.25) is 0 Å². The third-order valence-corrected chi connectivity index (χ3v) is 15.3. The fourth-order valence-corrected chi connectivity index (χ4v) is 13.2. The van der Waals surface area contributed by atoms with Crippen LogP contribution in [0.2, 0.25) is 0 Å². The summed E-state index contributed by atoms with van der Waals surface area (Å²) in [5.41, 5.74) is -1.37. The minimum absolute atomic E-state index is 0.0566. The topological polar surface area (TPSA) is 124 Å². The second-order valence-electron chi connectivity index (χ2n) is 18.0. The van der Waals surface area contributed by atoms with Crippen LogP contribution in [0.25, 0.3) is 0 Å². The quantitative estimate of drug-likeness (QED) is 0.363. The highest BCUT2D eigenvalue weighted by atomic mass is 16.6. The van der Waals surface area contributed by atoms with E-state index < -0.39 is 29.9 Å². The molecule has 0 aromatic rings. The van der Waals surface area contributed by atoms with Gasteiger partial charge in [-0.05, 0) is 105 Å². The molecule has 2 spiro atoms. The molecule has 2 aliphatic heterocycles. The Hall–Kier alpha value is -1.42. The lowest BCUT2D eigenvalue weighted by Crippen LogP contribution is -2.60. The predicted octanol–water partition coefficient (Wildman–Crippen LogP) is 5.00. The number of ether oxygens (including phenoxy) is 4. The number of rotatable bonds is 5. The van der Waals surface area contributed by atoms with Crippen molar-refractivity contribution >= 4 is 12.1 Å². The summed E-state index contributed by atoms with van der Waals surface area (Å²) in [6.45, 7) is 17.5. The van der Waals surface area contributed by atoms with Crippen molar-refractivity contribution in [2.24, 2.45) is 50.7 Å². The zero-order valence-electron chi connectivity index (χ0n) is 28.7. The molecule has 13 atom stereocenters. The normalized spacial score (nSPS) is 50.4. The molecule has 5 saturated carbocycles. The van der Waals surface area contributed by atoms with Crippen molar-refractivity contribution in [3.63, 3.8) is 0 Å². The van der Waals surface area contributed by atoms with Crippen LogP contribution in [0.3, 0.4) is 0 Å². The van der Waals surface area contributed by atoms with Crippen LogP contribution >= 0.6 is 0 Å². The van der Waals surface area contributed by atoms with Gasteiger partial charge in [-0.1, -0.05) is 34.6 Å². The molecule has 7 fully saturated rings. The second-order valence-corrected chi connectivity index (χ2v) is 18.0. The van der Waals surface area contributed by atoms with Crippen LogP contribution in [0.1, 0.15) is 107 Å². The number of aliphatic hydroxyl groups excluding tert-OH is 1. The Labute approximate surface area is 268 Å². The maximum absolute atomic E-state index is 12.8. The van der Waals surface area contributed by atoms with Crippen LogP contribution in [0.15, 0.2) is 0 Å². The third kappa shape index (κ3) is 4.24. The molecule has 1 amide bonds. The molecular formula is C36H57NO8. The summed E-state index contributed by atoms with van der Waals surface area (Å²) in [5.74, 6) is 0.874. The standard InChI is InChI=1S/C36H57NO8/c1-19-15-22(29(32(5,6)41)43-20(2)38)44-27-26(19)33(7)13-14-36-18-35(36)12-11-25(45-30(40)37-21-16-42-17-21)31(3,4)23(35)9-10-24(36)34(33,8)28(27)39/h19,21-29,39,41H,9-18H2,1-8H3,(H,37,40)/t19-,22?,23+,24?,25?,26+,27?,28+,29+,33-,34-,35-,36+/m1/s1. The monoisotopic (exact) mass is 631 g/mol. The molecule has 0 radical (unpaired) electrons. The average Bonchev–Trinajstić information content (AvgIpc) is 3.55. The van der Waals surface area contributed by atoms with Gasteiger partial charge in [0.15, 0.2) is 6.10 Å². The van der Waals surface area contributed by atoms with Crippen molar-refractivity contribution < 1.29 is 38.7 Å². The summed E-state index contributed by atoms with van der Waals surface area (Å²) < 4.78 is 23.8. The zero-order chi connectivity index (χ0) is 32.5. The van der Waals surface area contributed by atoms with E-state index in [1.54, 1.807) is 13.8 Å². The van der Waals surface area contributed by atoms with E-state index in [9.17, 15) is 19.8 Å². The van der Waals surface area contributed by atoms with Crippen LogP contribution in [-0.2, 0) is 23.7 Å². The molecule has 0 aromatic carbocycles. The van der Waals surface area contributed by atoms with Gasteiger partial charge in [0.1, 0.15) is 6.10 Å². The van der Waals surface area contributed by atoms with Crippen molar-refractivity contribution in [3.8, 4) is 0 Å². The molecule has 2 saturated heterocycles. The number of fused-ring (bicyclic) bond motifs is 4. The van der Waals surface area contributed by atoms with Crippen molar-refractivity contribution in [1.82, 2.24) is 5.32 Å². The Morgan fingerprint density at radius 1 is 1.00 bits per heavy atom. The van der Waals surface area contributed by atoms with Crippen LogP contribution in [0.5, 0.6) is 0 Å². The predicted molar refractivity (Wildman–Crippen MR) is 166 cm³/mol. The van der Waals surface area contributed by atoms with Crippen LogP contribution in [0.4, 0.5) is 4.79 Å². The van der Waals surface area contributed by atoms with Crippen molar-refractivity contribution in [2.45, 2.75) is 149 Å². The second kappa shape index (κ2) is 10.1. The molecule has 0 aromatic heterocycles.